The van der Waals surface area contributed by atoms with Crippen LogP contribution in [0.3, 0.4) is 0 Å². The average molecular weight is 283 g/mol. The fraction of sp³-hybridized carbons (Fsp3) is 0.600. The number of rotatable bonds is 5. The summed E-state index contributed by atoms with van der Waals surface area (Å²) >= 11 is 2.02. The minimum Gasteiger partial charge on any atom is -0.494 e. The van der Waals surface area contributed by atoms with Crippen LogP contribution in [0.5, 0.6) is 5.75 Å². The van der Waals surface area contributed by atoms with Crippen LogP contribution in [-0.2, 0) is 6.42 Å². The number of halogens is 1. The van der Waals surface area contributed by atoms with E-state index in [0.29, 0.717) is 23.7 Å². The van der Waals surface area contributed by atoms with Gasteiger partial charge in [0.05, 0.1) is 7.11 Å². The van der Waals surface area contributed by atoms with E-state index in [9.17, 15) is 4.39 Å². The number of nitrogens with two attached hydrogens (primary N) is 1. The van der Waals surface area contributed by atoms with Gasteiger partial charge in [-0.3, -0.25) is 0 Å². The molecule has 1 aromatic carbocycles. The lowest BCUT2D eigenvalue weighted by Gasteiger charge is -2.24. The van der Waals surface area contributed by atoms with Gasteiger partial charge in [0.1, 0.15) is 0 Å². The van der Waals surface area contributed by atoms with Gasteiger partial charge in [-0.15, -0.1) is 0 Å². The van der Waals surface area contributed by atoms with E-state index in [0.717, 1.165) is 6.42 Å². The molecule has 1 saturated heterocycles. The molecule has 1 aliphatic rings. The maximum atomic E-state index is 14.0. The van der Waals surface area contributed by atoms with Crippen LogP contribution < -0.4 is 10.5 Å². The Hall–Kier alpha value is -0.740. The van der Waals surface area contributed by atoms with Crippen molar-refractivity contribution in [1.82, 2.24) is 0 Å². The Labute approximate surface area is 118 Å². The fourth-order valence-corrected chi connectivity index (χ4v) is 3.85. The summed E-state index contributed by atoms with van der Waals surface area (Å²) in [5.74, 6) is 3.24. The lowest BCUT2D eigenvalue weighted by Crippen LogP contribution is -2.28. The summed E-state index contributed by atoms with van der Waals surface area (Å²) in [6.07, 6.45) is 4.09. The number of hydrogen-bond acceptors (Lipinski definition) is 3. The molecule has 4 heteroatoms. The molecule has 0 bridgehead atoms. The molecule has 2 N–H and O–H groups in total. The smallest absolute Gasteiger partial charge is 0.168 e. The predicted molar refractivity (Wildman–Crippen MR) is 79.3 cm³/mol. The van der Waals surface area contributed by atoms with Gasteiger partial charge in [0.15, 0.2) is 11.6 Å². The van der Waals surface area contributed by atoms with Gasteiger partial charge in [-0.25, -0.2) is 4.39 Å². The van der Waals surface area contributed by atoms with E-state index in [-0.39, 0.29) is 11.9 Å². The Morgan fingerprint density at radius 1 is 1.42 bits per heavy atom. The summed E-state index contributed by atoms with van der Waals surface area (Å²) in [5, 5.41) is 0. The van der Waals surface area contributed by atoms with Crippen molar-refractivity contribution in [3.63, 3.8) is 0 Å². The third-order valence-electron chi connectivity index (χ3n) is 3.72. The summed E-state index contributed by atoms with van der Waals surface area (Å²) in [6, 6.07) is 5.30. The molecule has 0 aliphatic carbocycles. The standard InChI is InChI=1S/C15H22FNOS/c1-18-14-4-2-3-12(15(14)16)10-13(17)9-11-5-7-19-8-6-11/h2-4,11,13H,5-10,17H2,1H3. The predicted octanol–water partition coefficient (Wildman–Crippen LogP) is 3.24. The molecule has 0 amide bonds. The Balaban J connectivity index is 1.92. The fourth-order valence-electron chi connectivity index (χ4n) is 2.65. The largest absolute Gasteiger partial charge is 0.494 e. The van der Waals surface area contributed by atoms with Crippen molar-refractivity contribution in [2.75, 3.05) is 18.6 Å². The van der Waals surface area contributed by atoms with E-state index in [1.54, 1.807) is 12.1 Å². The summed E-state index contributed by atoms with van der Waals surface area (Å²) in [7, 11) is 1.49. The molecule has 1 aliphatic heterocycles. The Morgan fingerprint density at radius 2 is 2.16 bits per heavy atom. The number of benzene rings is 1. The molecule has 0 saturated carbocycles. The molecule has 1 aromatic rings. The van der Waals surface area contributed by atoms with Crippen LogP contribution >= 0.6 is 11.8 Å². The topological polar surface area (TPSA) is 35.2 Å². The first kappa shape index (κ1) is 14.7. The van der Waals surface area contributed by atoms with Gasteiger partial charge in [0, 0.05) is 6.04 Å². The molecule has 19 heavy (non-hydrogen) atoms. The van der Waals surface area contributed by atoms with E-state index in [1.165, 1.54) is 31.5 Å². The molecule has 106 valence electrons. The first-order valence-corrected chi connectivity index (χ1v) is 8.01. The zero-order valence-corrected chi connectivity index (χ0v) is 12.2. The molecular formula is C15H22FNOS. The van der Waals surface area contributed by atoms with Crippen molar-refractivity contribution in [3.05, 3.63) is 29.6 Å². The minimum atomic E-state index is -0.264. The summed E-state index contributed by atoms with van der Waals surface area (Å²) in [5.41, 5.74) is 6.85. The summed E-state index contributed by atoms with van der Waals surface area (Å²) < 4.78 is 19.0. The van der Waals surface area contributed by atoms with Crippen molar-refractivity contribution >= 4 is 11.8 Å². The van der Waals surface area contributed by atoms with E-state index in [2.05, 4.69) is 0 Å². The van der Waals surface area contributed by atoms with Crippen molar-refractivity contribution in [2.45, 2.75) is 31.7 Å². The minimum absolute atomic E-state index is 0.0368. The van der Waals surface area contributed by atoms with Crippen molar-refractivity contribution < 1.29 is 9.13 Å². The van der Waals surface area contributed by atoms with E-state index >= 15 is 0 Å². The van der Waals surface area contributed by atoms with Gasteiger partial charge >= 0.3 is 0 Å². The monoisotopic (exact) mass is 283 g/mol. The lowest BCUT2D eigenvalue weighted by molar-refractivity contribution is 0.378. The zero-order chi connectivity index (χ0) is 13.7. The van der Waals surface area contributed by atoms with Crippen LogP contribution in [0, 0.1) is 11.7 Å². The van der Waals surface area contributed by atoms with Crippen LogP contribution in [0.15, 0.2) is 18.2 Å². The second kappa shape index (κ2) is 7.15. The number of ether oxygens (including phenoxy) is 1. The van der Waals surface area contributed by atoms with Gasteiger partial charge in [-0.1, -0.05) is 12.1 Å². The van der Waals surface area contributed by atoms with Gasteiger partial charge < -0.3 is 10.5 Å². The van der Waals surface area contributed by atoms with E-state index in [1.807, 2.05) is 17.8 Å². The third kappa shape index (κ3) is 4.11. The maximum absolute atomic E-state index is 14.0. The molecule has 0 spiro atoms. The normalized spacial score (nSPS) is 18.3. The van der Waals surface area contributed by atoms with Crippen LogP contribution in [0.2, 0.25) is 0 Å². The highest BCUT2D eigenvalue weighted by molar-refractivity contribution is 7.99. The molecule has 2 nitrogen and oxygen atoms in total. The summed E-state index contributed by atoms with van der Waals surface area (Å²) in [4.78, 5) is 0. The molecular weight excluding hydrogens is 261 g/mol. The Kier molecular flexibility index (Phi) is 5.52. The van der Waals surface area contributed by atoms with Gasteiger partial charge in [-0.2, -0.15) is 11.8 Å². The molecule has 0 radical (unpaired) electrons. The van der Waals surface area contributed by atoms with Gasteiger partial charge in [0.2, 0.25) is 0 Å². The molecule has 1 unspecified atom stereocenters. The van der Waals surface area contributed by atoms with Crippen LogP contribution in [-0.4, -0.2) is 24.7 Å². The molecule has 2 rings (SSSR count). The molecule has 1 heterocycles. The number of thioether (sulfide) groups is 1. The highest BCUT2D eigenvalue weighted by atomic mass is 32.2. The van der Waals surface area contributed by atoms with E-state index < -0.39 is 0 Å². The highest BCUT2D eigenvalue weighted by Gasteiger charge is 2.18. The van der Waals surface area contributed by atoms with Gasteiger partial charge in [-0.05, 0) is 54.7 Å². The Morgan fingerprint density at radius 3 is 2.84 bits per heavy atom. The molecule has 0 aromatic heterocycles. The van der Waals surface area contributed by atoms with Crippen LogP contribution in [0.4, 0.5) is 4.39 Å². The number of methoxy groups -OCH3 is 1. The molecule has 1 atom stereocenters. The van der Waals surface area contributed by atoms with Crippen molar-refractivity contribution in [2.24, 2.45) is 11.7 Å². The molecule has 1 fully saturated rings. The quantitative estimate of drug-likeness (QED) is 0.901. The maximum Gasteiger partial charge on any atom is 0.168 e. The zero-order valence-electron chi connectivity index (χ0n) is 11.4. The lowest BCUT2D eigenvalue weighted by atomic mass is 9.91. The van der Waals surface area contributed by atoms with Crippen LogP contribution in [0.25, 0.3) is 0 Å². The highest BCUT2D eigenvalue weighted by Crippen LogP contribution is 2.27. The summed E-state index contributed by atoms with van der Waals surface area (Å²) in [6.45, 7) is 0. The Bertz CT molecular complexity index is 407. The SMILES string of the molecule is COc1cccc(CC(N)CC2CCSCC2)c1F. The second-order valence-corrected chi connectivity index (χ2v) is 6.41. The second-order valence-electron chi connectivity index (χ2n) is 5.19. The first-order valence-electron chi connectivity index (χ1n) is 6.85. The van der Waals surface area contributed by atoms with Crippen LogP contribution in [0.1, 0.15) is 24.8 Å². The van der Waals surface area contributed by atoms with E-state index in [4.69, 9.17) is 10.5 Å². The van der Waals surface area contributed by atoms with Crippen molar-refractivity contribution in [1.29, 1.82) is 0 Å². The number of hydrogen-bond donors (Lipinski definition) is 1. The van der Waals surface area contributed by atoms with Gasteiger partial charge in [0.25, 0.3) is 0 Å². The average Bonchev–Trinajstić information content (AvgIpc) is 2.42. The van der Waals surface area contributed by atoms with Crippen molar-refractivity contribution in [3.8, 4) is 5.75 Å². The third-order valence-corrected chi connectivity index (χ3v) is 4.77. The first-order chi connectivity index (χ1) is 9.20.